The summed E-state index contributed by atoms with van der Waals surface area (Å²) in [6, 6.07) is 0.373. The van der Waals surface area contributed by atoms with E-state index in [1.807, 2.05) is 11.9 Å². The number of nitrogens with zero attached hydrogens (tertiary/aromatic N) is 4. The predicted octanol–water partition coefficient (Wildman–Crippen LogP) is 1.56. The molecule has 1 saturated heterocycles. The maximum Gasteiger partial charge on any atom is 0.323 e. The quantitative estimate of drug-likeness (QED) is 0.818. The Morgan fingerprint density at radius 2 is 2.24 bits per heavy atom. The van der Waals surface area contributed by atoms with Gasteiger partial charge in [0.2, 0.25) is 11.9 Å². The number of hydrogen-bond donors (Lipinski definition) is 1. The van der Waals surface area contributed by atoms with Gasteiger partial charge in [0.05, 0.1) is 13.2 Å². The first-order chi connectivity index (χ1) is 10.2. The van der Waals surface area contributed by atoms with Crippen molar-refractivity contribution in [3.8, 4) is 6.01 Å². The monoisotopic (exact) mass is 295 g/mol. The van der Waals surface area contributed by atoms with Crippen molar-refractivity contribution in [1.29, 1.82) is 0 Å². The first-order valence-corrected chi connectivity index (χ1v) is 7.58. The highest BCUT2D eigenvalue weighted by atomic mass is 16.5. The lowest BCUT2D eigenvalue weighted by atomic mass is 10.0. The van der Waals surface area contributed by atoms with Crippen LogP contribution in [0.4, 0.5) is 11.9 Å². The Balaban J connectivity index is 2.05. The molecule has 0 radical (unpaired) electrons. The van der Waals surface area contributed by atoms with Crippen molar-refractivity contribution < 1.29 is 9.47 Å². The lowest BCUT2D eigenvalue weighted by Gasteiger charge is -2.27. The van der Waals surface area contributed by atoms with E-state index in [-0.39, 0.29) is 0 Å². The summed E-state index contributed by atoms with van der Waals surface area (Å²) in [4.78, 5) is 15.0. The van der Waals surface area contributed by atoms with Crippen LogP contribution in [0.5, 0.6) is 6.01 Å². The second-order valence-electron chi connectivity index (χ2n) is 5.30. The van der Waals surface area contributed by atoms with Crippen LogP contribution in [0.1, 0.15) is 26.2 Å². The van der Waals surface area contributed by atoms with Gasteiger partial charge in [-0.1, -0.05) is 6.92 Å². The van der Waals surface area contributed by atoms with Crippen LogP contribution in [0.25, 0.3) is 0 Å². The van der Waals surface area contributed by atoms with Gasteiger partial charge in [-0.25, -0.2) is 0 Å². The summed E-state index contributed by atoms with van der Waals surface area (Å²) in [6.07, 6.45) is 3.24. The van der Waals surface area contributed by atoms with Crippen LogP contribution >= 0.6 is 0 Å². The van der Waals surface area contributed by atoms with Crippen molar-refractivity contribution in [3.05, 3.63) is 0 Å². The van der Waals surface area contributed by atoms with E-state index < -0.39 is 0 Å². The predicted molar refractivity (Wildman–Crippen MR) is 82.0 cm³/mol. The van der Waals surface area contributed by atoms with Gasteiger partial charge in [0.15, 0.2) is 0 Å². The van der Waals surface area contributed by atoms with Gasteiger partial charge in [-0.05, 0) is 25.2 Å². The Hall–Kier alpha value is -1.63. The highest BCUT2D eigenvalue weighted by Crippen LogP contribution is 2.19. The lowest BCUT2D eigenvalue weighted by Crippen LogP contribution is -2.32. The Kier molecular flexibility index (Phi) is 5.98. The molecule has 118 valence electrons. The van der Waals surface area contributed by atoms with Gasteiger partial charge in [-0.15, -0.1) is 0 Å². The summed E-state index contributed by atoms with van der Waals surface area (Å²) in [7, 11) is 3.78. The number of ether oxygens (including phenoxy) is 2. The smallest absolute Gasteiger partial charge is 0.323 e. The molecule has 2 rings (SSSR count). The van der Waals surface area contributed by atoms with E-state index in [2.05, 4.69) is 27.2 Å². The van der Waals surface area contributed by atoms with Crippen LogP contribution in [0.2, 0.25) is 0 Å². The maximum absolute atomic E-state index is 5.52. The molecule has 0 bridgehead atoms. The van der Waals surface area contributed by atoms with Crippen LogP contribution in [-0.2, 0) is 4.74 Å². The molecular weight excluding hydrogens is 270 g/mol. The number of aromatic nitrogens is 3. The molecule has 1 aliphatic rings. The molecule has 1 N–H and O–H groups in total. The van der Waals surface area contributed by atoms with Crippen LogP contribution in [-0.4, -0.2) is 55.4 Å². The van der Waals surface area contributed by atoms with Gasteiger partial charge in [0.25, 0.3) is 0 Å². The van der Waals surface area contributed by atoms with Crippen molar-refractivity contribution in [3.63, 3.8) is 0 Å². The summed E-state index contributed by atoms with van der Waals surface area (Å²) in [6.45, 7) is 5.22. The average Bonchev–Trinajstić information content (AvgIpc) is 2.53. The van der Waals surface area contributed by atoms with Crippen molar-refractivity contribution in [2.24, 2.45) is 5.92 Å². The van der Waals surface area contributed by atoms with Gasteiger partial charge in [0, 0.05) is 27.2 Å². The van der Waals surface area contributed by atoms with Crippen molar-refractivity contribution in [2.45, 2.75) is 26.2 Å². The van der Waals surface area contributed by atoms with E-state index in [4.69, 9.17) is 9.47 Å². The molecule has 1 atom stereocenters. The molecule has 1 aromatic heterocycles. The second kappa shape index (κ2) is 7.97. The fourth-order valence-corrected chi connectivity index (χ4v) is 2.31. The fraction of sp³-hybridized carbons (Fsp3) is 0.786. The van der Waals surface area contributed by atoms with Crippen LogP contribution < -0.4 is 15.0 Å². The number of hydrogen-bond acceptors (Lipinski definition) is 7. The molecule has 0 saturated carbocycles. The van der Waals surface area contributed by atoms with Gasteiger partial charge >= 0.3 is 6.01 Å². The van der Waals surface area contributed by atoms with Crippen molar-refractivity contribution in [1.82, 2.24) is 15.0 Å². The Morgan fingerprint density at radius 1 is 1.38 bits per heavy atom. The minimum Gasteiger partial charge on any atom is -0.463 e. The summed E-state index contributed by atoms with van der Waals surface area (Å²) in [5, 5.41) is 2.95. The normalized spacial score (nSPS) is 18.3. The fourth-order valence-electron chi connectivity index (χ4n) is 2.31. The van der Waals surface area contributed by atoms with Crippen LogP contribution in [0.3, 0.4) is 0 Å². The third-order valence-corrected chi connectivity index (χ3v) is 3.39. The molecule has 0 amide bonds. The largest absolute Gasteiger partial charge is 0.463 e. The summed E-state index contributed by atoms with van der Waals surface area (Å²) < 4.78 is 11.0. The summed E-state index contributed by atoms with van der Waals surface area (Å²) in [5.41, 5.74) is 0. The van der Waals surface area contributed by atoms with Gasteiger partial charge in [0.1, 0.15) is 0 Å². The van der Waals surface area contributed by atoms with E-state index >= 15 is 0 Å². The van der Waals surface area contributed by atoms with Crippen molar-refractivity contribution >= 4 is 11.9 Å². The highest BCUT2D eigenvalue weighted by molar-refractivity contribution is 5.37. The zero-order valence-corrected chi connectivity index (χ0v) is 13.1. The topological polar surface area (TPSA) is 72.4 Å². The first kappa shape index (κ1) is 15.8. The molecule has 1 fully saturated rings. The molecule has 1 aliphatic heterocycles. The van der Waals surface area contributed by atoms with E-state index in [0.29, 0.717) is 30.4 Å². The molecule has 0 aliphatic carbocycles. The lowest BCUT2D eigenvalue weighted by molar-refractivity contribution is 0.0575. The average molecular weight is 295 g/mol. The standard InChI is InChI=1S/C14H25N5O2/c1-4-7-21-14-17-12(15-2)16-13(18-14)19(3)9-11-6-5-8-20-10-11/h11H,4-10H2,1-3H3,(H,15,16,17,18). The third kappa shape index (κ3) is 4.70. The molecule has 0 aromatic carbocycles. The van der Waals surface area contributed by atoms with Crippen molar-refractivity contribution in [2.75, 3.05) is 50.7 Å². The SMILES string of the molecule is CCCOc1nc(NC)nc(N(C)CC2CCCOC2)n1. The van der Waals surface area contributed by atoms with E-state index in [1.165, 1.54) is 6.42 Å². The molecule has 1 aromatic rings. The zero-order valence-electron chi connectivity index (χ0n) is 13.1. The van der Waals surface area contributed by atoms with Gasteiger partial charge in [-0.3, -0.25) is 0 Å². The summed E-state index contributed by atoms with van der Waals surface area (Å²) >= 11 is 0. The molecular formula is C14H25N5O2. The first-order valence-electron chi connectivity index (χ1n) is 7.58. The van der Waals surface area contributed by atoms with Gasteiger partial charge in [-0.2, -0.15) is 15.0 Å². The molecule has 7 heteroatoms. The van der Waals surface area contributed by atoms with E-state index in [1.54, 1.807) is 7.05 Å². The Labute approximate surface area is 126 Å². The van der Waals surface area contributed by atoms with E-state index in [0.717, 1.165) is 32.6 Å². The Bertz CT molecular complexity index is 437. The van der Waals surface area contributed by atoms with Gasteiger partial charge < -0.3 is 19.7 Å². The molecule has 1 unspecified atom stereocenters. The minimum absolute atomic E-state index is 0.373. The molecule has 7 nitrogen and oxygen atoms in total. The summed E-state index contributed by atoms with van der Waals surface area (Å²) in [5.74, 6) is 1.68. The second-order valence-corrected chi connectivity index (χ2v) is 5.30. The highest BCUT2D eigenvalue weighted by Gasteiger charge is 2.18. The van der Waals surface area contributed by atoms with Crippen LogP contribution in [0.15, 0.2) is 0 Å². The number of anilines is 2. The number of nitrogens with one attached hydrogen (secondary N) is 1. The van der Waals surface area contributed by atoms with Crippen LogP contribution in [0, 0.1) is 5.92 Å². The third-order valence-electron chi connectivity index (χ3n) is 3.39. The molecule has 0 spiro atoms. The molecule has 21 heavy (non-hydrogen) atoms. The van der Waals surface area contributed by atoms with E-state index in [9.17, 15) is 0 Å². The maximum atomic E-state index is 5.52. The zero-order chi connectivity index (χ0) is 15.1. The number of rotatable bonds is 7. The minimum atomic E-state index is 0.373. The Morgan fingerprint density at radius 3 is 2.90 bits per heavy atom. The molecule has 2 heterocycles.